The van der Waals surface area contributed by atoms with Crippen LogP contribution in [0, 0.1) is 19.8 Å². The fourth-order valence-corrected chi connectivity index (χ4v) is 3.30. The summed E-state index contributed by atoms with van der Waals surface area (Å²) in [5, 5.41) is 12.9. The second kappa shape index (κ2) is 6.12. The molecule has 21 heavy (non-hydrogen) atoms. The monoisotopic (exact) mass is 313 g/mol. The van der Waals surface area contributed by atoms with Gasteiger partial charge in [0.15, 0.2) is 0 Å². The van der Waals surface area contributed by atoms with Crippen molar-refractivity contribution in [2.24, 2.45) is 5.92 Å². The summed E-state index contributed by atoms with van der Waals surface area (Å²) in [7, 11) is 3.17. The summed E-state index contributed by atoms with van der Waals surface area (Å²) in [6.45, 7) is 4.24. The molecule has 1 saturated heterocycles. The van der Waals surface area contributed by atoms with Crippen LogP contribution < -0.4 is 14.8 Å². The number of hydrogen-bond donors (Lipinski definition) is 2. The number of hydrogen-bond acceptors (Lipinski definition) is 4. The van der Waals surface area contributed by atoms with Crippen molar-refractivity contribution in [3.63, 3.8) is 0 Å². The minimum Gasteiger partial charge on any atom is -0.496 e. The van der Waals surface area contributed by atoms with Crippen LogP contribution in [-0.2, 0) is 4.79 Å². The number of benzene rings is 1. The van der Waals surface area contributed by atoms with Crippen molar-refractivity contribution in [2.45, 2.75) is 26.3 Å². The van der Waals surface area contributed by atoms with Gasteiger partial charge in [-0.1, -0.05) is 11.6 Å². The maximum Gasteiger partial charge on any atom is 0.307 e. The number of carboxylic acids is 1. The van der Waals surface area contributed by atoms with E-state index in [1.165, 1.54) is 0 Å². The Morgan fingerprint density at radius 3 is 2.33 bits per heavy atom. The van der Waals surface area contributed by atoms with Crippen molar-refractivity contribution < 1.29 is 19.4 Å². The number of carbonyl (C=O) groups is 1. The fraction of sp³-hybridized carbons (Fsp3) is 0.533. The molecule has 5 nitrogen and oxygen atoms in total. The van der Waals surface area contributed by atoms with E-state index >= 15 is 0 Å². The zero-order chi connectivity index (χ0) is 15.7. The highest BCUT2D eigenvalue weighted by molar-refractivity contribution is 6.33. The van der Waals surface area contributed by atoms with E-state index in [9.17, 15) is 4.79 Å². The first-order valence-electron chi connectivity index (χ1n) is 6.79. The highest BCUT2D eigenvalue weighted by atomic mass is 35.5. The van der Waals surface area contributed by atoms with Crippen molar-refractivity contribution in [2.75, 3.05) is 20.8 Å². The summed E-state index contributed by atoms with van der Waals surface area (Å²) in [4.78, 5) is 11.1. The molecule has 1 aromatic rings. The van der Waals surface area contributed by atoms with Gasteiger partial charge < -0.3 is 19.9 Å². The molecule has 1 heterocycles. The van der Waals surface area contributed by atoms with Gasteiger partial charge in [0, 0.05) is 29.3 Å². The second-order valence-electron chi connectivity index (χ2n) is 5.28. The van der Waals surface area contributed by atoms with Crippen LogP contribution in [0.2, 0.25) is 5.02 Å². The summed E-state index contributed by atoms with van der Waals surface area (Å²) in [5.74, 6) is 0.146. The van der Waals surface area contributed by atoms with E-state index < -0.39 is 5.97 Å². The van der Waals surface area contributed by atoms with Gasteiger partial charge in [-0.3, -0.25) is 4.79 Å². The van der Waals surface area contributed by atoms with Crippen molar-refractivity contribution in [1.82, 2.24) is 5.32 Å². The molecule has 2 unspecified atom stereocenters. The predicted octanol–water partition coefficient (Wildman–Crippen LogP) is 2.71. The smallest absolute Gasteiger partial charge is 0.307 e. The van der Waals surface area contributed by atoms with Crippen molar-refractivity contribution in [3.05, 3.63) is 21.7 Å². The summed E-state index contributed by atoms with van der Waals surface area (Å²) in [6.07, 6.45) is 0.525. The Labute approximate surface area is 129 Å². The molecule has 0 aromatic heterocycles. The van der Waals surface area contributed by atoms with Crippen LogP contribution in [0.5, 0.6) is 11.5 Å². The highest BCUT2D eigenvalue weighted by Gasteiger charge is 2.34. The first-order valence-corrected chi connectivity index (χ1v) is 7.16. The molecule has 1 fully saturated rings. The Morgan fingerprint density at radius 1 is 1.24 bits per heavy atom. The van der Waals surface area contributed by atoms with E-state index in [0.717, 1.165) is 16.7 Å². The fourth-order valence-electron chi connectivity index (χ4n) is 3.00. The average molecular weight is 314 g/mol. The number of rotatable bonds is 4. The van der Waals surface area contributed by atoms with Crippen LogP contribution in [-0.4, -0.2) is 31.8 Å². The molecule has 0 amide bonds. The van der Waals surface area contributed by atoms with Gasteiger partial charge in [-0.2, -0.15) is 0 Å². The van der Waals surface area contributed by atoms with Crippen LogP contribution in [0.15, 0.2) is 0 Å². The lowest BCUT2D eigenvalue weighted by molar-refractivity contribution is -0.141. The van der Waals surface area contributed by atoms with Crippen LogP contribution in [0.3, 0.4) is 0 Å². The first kappa shape index (κ1) is 15.9. The molecular weight excluding hydrogens is 294 g/mol. The van der Waals surface area contributed by atoms with Gasteiger partial charge in [-0.25, -0.2) is 0 Å². The number of methoxy groups -OCH3 is 2. The molecule has 0 aliphatic carbocycles. The number of carboxylic acid groups (broad SMARTS) is 1. The zero-order valence-electron chi connectivity index (χ0n) is 12.6. The lowest BCUT2D eigenvalue weighted by Gasteiger charge is -2.23. The molecule has 116 valence electrons. The van der Waals surface area contributed by atoms with E-state index in [0.29, 0.717) is 29.5 Å². The number of halogens is 1. The standard InChI is InChI=1S/C15H20ClNO4/c1-7-11(10-5-9(6-17-10)15(18)19)13(20-3)8(2)12(16)14(7)21-4/h9-10,17H,5-6H2,1-4H3,(H,18,19). The Bertz CT molecular complexity index is 574. The lowest BCUT2D eigenvalue weighted by Crippen LogP contribution is -2.18. The van der Waals surface area contributed by atoms with Gasteiger partial charge in [-0.05, 0) is 20.3 Å². The molecule has 0 saturated carbocycles. The quantitative estimate of drug-likeness (QED) is 0.894. The van der Waals surface area contributed by atoms with Crippen LogP contribution >= 0.6 is 11.6 Å². The van der Waals surface area contributed by atoms with Gasteiger partial charge in [0.25, 0.3) is 0 Å². The topological polar surface area (TPSA) is 67.8 Å². The maximum atomic E-state index is 11.1. The van der Waals surface area contributed by atoms with Crippen LogP contribution in [0.1, 0.15) is 29.2 Å². The summed E-state index contributed by atoms with van der Waals surface area (Å²) >= 11 is 6.32. The Balaban J connectivity index is 2.53. The summed E-state index contributed by atoms with van der Waals surface area (Å²) < 4.78 is 10.9. The highest BCUT2D eigenvalue weighted by Crippen LogP contribution is 2.45. The Kier molecular flexibility index (Phi) is 4.64. The van der Waals surface area contributed by atoms with Gasteiger partial charge in [0.05, 0.1) is 25.2 Å². The first-order chi connectivity index (χ1) is 9.92. The number of aliphatic carboxylic acids is 1. The Morgan fingerprint density at radius 2 is 1.86 bits per heavy atom. The molecule has 1 aliphatic rings. The van der Waals surface area contributed by atoms with E-state index in [2.05, 4.69) is 5.32 Å². The molecule has 1 aromatic carbocycles. The van der Waals surface area contributed by atoms with E-state index in [-0.39, 0.29) is 12.0 Å². The normalized spacial score (nSPS) is 21.4. The molecule has 2 atom stereocenters. The second-order valence-corrected chi connectivity index (χ2v) is 5.65. The Hall–Kier alpha value is -1.46. The van der Waals surface area contributed by atoms with Gasteiger partial charge in [-0.15, -0.1) is 0 Å². The number of nitrogens with one attached hydrogen (secondary N) is 1. The third-order valence-corrected chi connectivity index (χ3v) is 4.55. The van der Waals surface area contributed by atoms with E-state index in [1.807, 2.05) is 13.8 Å². The van der Waals surface area contributed by atoms with Crippen molar-refractivity contribution in [1.29, 1.82) is 0 Å². The SMILES string of the molecule is COc1c(C)c(C2CC(C(=O)O)CN2)c(OC)c(C)c1Cl. The summed E-state index contributed by atoms with van der Waals surface area (Å²) in [6, 6.07) is -0.0779. The summed E-state index contributed by atoms with van der Waals surface area (Å²) in [5.41, 5.74) is 2.62. The van der Waals surface area contributed by atoms with Gasteiger partial charge in [0.2, 0.25) is 0 Å². The molecule has 0 bridgehead atoms. The third-order valence-electron chi connectivity index (χ3n) is 4.10. The number of ether oxygens (including phenoxy) is 2. The van der Waals surface area contributed by atoms with Crippen molar-refractivity contribution in [3.8, 4) is 11.5 Å². The minimum absolute atomic E-state index is 0.0779. The predicted molar refractivity (Wildman–Crippen MR) is 80.5 cm³/mol. The minimum atomic E-state index is -0.778. The molecule has 2 N–H and O–H groups in total. The maximum absolute atomic E-state index is 11.1. The average Bonchev–Trinajstić information content (AvgIpc) is 2.92. The molecule has 6 heteroatoms. The van der Waals surface area contributed by atoms with E-state index in [1.54, 1.807) is 14.2 Å². The third kappa shape index (κ3) is 2.68. The molecule has 1 aliphatic heterocycles. The molecule has 0 spiro atoms. The molecule has 2 rings (SSSR count). The van der Waals surface area contributed by atoms with Crippen LogP contribution in [0.25, 0.3) is 0 Å². The van der Waals surface area contributed by atoms with Gasteiger partial charge in [0.1, 0.15) is 11.5 Å². The molecular formula is C15H20ClNO4. The van der Waals surface area contributed by atoms with Gasteiger partial charge >= 0.3 is 5.97 Å². The lowest BCUT2D eigenvalue weighted by atomic mass is 9.93. The zero-order valence-corrected chi connectivity index (χ0v) is 13.4. The van der Waals surface area contributed by atoms with E-state index in [4.69, 9.17) is 26.2 Å². The van der Waals surface area contributed by atoms with Crippen molar-refractivity contribution >= 4 is 17.6 Å². The van der Waals surface area contributed by atoms with Crippen LogP contribution in [0.4, 0.5) is 0 Å². The molecule has 0 radical (unpaired) electrons. The largest absolute Gasteiger partial charge is 0.496 e.